The minimum atomic E-state index is -0.641. The van der Waals surface area contributed by atoms with Crippen molar-refractivity contribution in [3.63, 3.8) is 0 Å². The van der Waals surface area contributed by atoms with Crippen molar-refractivity contribution in [2.75, 3.05) is 37.9 Å². The number of hydrogen-bond acceptors (Lipinski definition) is 3. The van der Waals surface area contributed by atoms with Crippen LogP contribution in [0.2, 0.25) is 0 Å². The Morgan fingerprint density at radius 1 is 1.31 bits per heavy atom. The Hall–Kier alpha value is -1.36. The fraction of sp³-hybridized carbons (Fsp3) is 0.455. The molecule has 0 aliphatic rings. The van der Waals surface area contributed by atoms with Crippen molar-refractivity contribution in [3.05, 3.63) is 23.8 Å². The van der Waals surface area contributed by atoms with Crippen molar-refractivity contribution in [2.45, 2.75) is 6.42 Å². The van der Waals surface area contributed by atoms with Crippen LogP contribution in [-0.4, -0.2) is 27.3 Å². The minimum Gasteiger partial charge on any atom is -0.399 e. The lowest BCUT2D eigenvalue weighted by Gasteiger charge is -2.20. The van der Waals surface area contributed by atoms with Crippen molar-refractivity contribution in [1.29, 1.82) is 0 Å². The molecule has 0 aromatic heterocycles. The van der Waals surface area contributed by atoms with Crippen LogP contribution < -0.4 is 10.6 Å². The van der Waals surface area contributed by atoms with Gasteiger partial charge in [-0.3, -0.25) is 0 Å². The van der Waals surface area contributed by atoms with Gasteiger partial charge < -0.3 is 15.4 Å². The van der Waals surface area contributed by atoms with Gasteiger partial charge in [-0.25, -0.2) is 8.78 Å². The molecule has 3 nitrogen and oxygen atoms in total. The van der Waals surface area contributed by atoms with Gasteiger partial charge in [0.25, 0.3) is 0 Å². The normalized spacial score (nSPS) is 10.5. The van der Waals surface area contributed by atoms with Gasteiger partial charge in [0.1, 0.15) is 5.69 Å². The van der Waals surface area contributed by atoms with Crippen molar-refractivity contribution < 1.29 is 13.5 Å². The summed E-state index contributed by atoms with van der Waals surface area (Å²) >= 11 is 0. The molecule has 2 N–H and O–H groups in total. The van der Waals surface area contributed by atoms with Gasteiger partial charge in [-0.05, 0) is 18.6 Å². The molecule has 1 aromatic carbocycles. The maximum atomic E-state index is 13.5. The molecule has 0 radical (unpaired) electrons. The molecule has 0 bridgehead atoms. The van der Waals surface area contributed by atoms with E-state index >= 15 is 0 Å². The zero-order chi connectivity index (χ0) is 12.1. The van der Waals surface area contributed by atoms with Gasteiger partial charge in [0.2, 0.25) is 0 Å². The monoisotopic (exact) mass is 230 g/mol. The molecule has 0 spiro atoms. The van der Waals surface area contributed by atoms with Crippen LogP contribution in [0.5, 0.6) is 0 Å². The fourth-order valence-electron chi connectivity index (χ4n) is 1.51. The zero-order valence-corrected chi connectivity index (χ0v) is 9.46. The number of anilines is 2. The Balaban J connectivity index is 2.78. The molecule has 0 saturated carbocycles. The Morgan fingerprint density at radius 2 is 1.88 bits per heavy atom. The number of halogens is 2. The lowest BCUT2D eigenvalue weighted by molar-refractivity contribution is 0.196. The summed E-state index contributed by atoms with van der Waals surface area (Å²) in [6, 6.07) is 2.23. The molecule has 5 heteroatoms. The lowest BCUT2D eigenvalue weighted by atomic mass is 10.2. The van der Waals surface area contributed by atoms with E-state index in [9.17, 15) is 8.78 Å². The molecule has 0 atom stereocenters. The lowest BCUT2D eigenvalue weighted by Crippen LogP contribution is -2.22. The number of benzene rings is 1. The van der Waals surface area contributed by atoms with E-state index in [1.165, 1.54) is 4.90 Å². The molecule has 0 heterocycles. The first-order valence-electron chi connectivity index (χ1n) is 5.01. The molecule has 90 valence electrons. The van der Waals surface area contributed by atoms with E-state index < -0.39 is 11.6 Å². The minimum absolute atomic E-state index is 0.0506. The van der Waals surface area contributed by atoms with Crippen molar-refractivity contribution in [3.8, 4) is 0 Å². The van der Waals surface area contributed by atoms with Crippen LogP contribution >= 0.6 is 0 Å². The predicted octanol–water partition coefficient (Wildman–Crippen LogP) is 2.02. The van der Waals surface area contributed by atoms with Crippen molar-refractivity contribution in [1.82, 2.24) is 0 Å². The van der Waals surface area contributed by atoms with Gasteiger partial charge >= 0.3 is 0 Å². The van der Waals surface area contributed by atoms with Crippen LogP contribution in [0.15, 0.2) is 12.1 Å². The molecule has 1 aromatic rings. The van der Waals surface area contributed by atoms with Gasteiger partial charge in [-0.1, -0.05) is 0 Å². The standard InChI is InChI=1S/C11H16F2N2O/c1-15(4-3-5-16-2)11-9(12)6-8(14)7-10(11)13/h6-7H,3-5,14H2,1-2H3. The number of nitrogens with zero attached hydrogens (tertiary/aromatic N) is 1. The summed E-state index contributed by atoms with van der Waals surface area (Å²) in [5.74, 6) is -1.28. The second kappa shape index (κ2) is 5.65. The first-order chi connectivity index (χ1) is 7.56. The summed E-state index contributed by atoms with van der Waals surface area (Å²) < 4.78 is 31.8. The number of methoxy groups -OCH3 is 1. The molecule has 0 amide bonds. The van der Waals surface area contributed by atoms with Gasteiger partial charge in [0.05, 0.1) is 0 Å². The second-order valence-electron chi connectivity index (χ2n) is 3.60. The summed E-state index contributed by atoms with van der Waals surface area (Å²) in [7, 11) is 3.22. The van der Waals surface area contributed by atoms with Crippen LogP contribution in [0.4, 0.5) is 20.2 Å². The maximum Gasteiger partial charge on any atom is 0.151 e. The molecule has 0 aliphatic carbocycles. The predicted molar refractivity (Wildman–Crippen MR) is 60.5 cm³/mol. The summed E-state index contributed by atoms with van der Waals surface area (Å²) in [6.45, 7) is 1.08. The smallest absolute Gasteiger partial charge is 0.151 e. The van der Waals surface area contributed by atoms with Gasteiger partial charge in [0.15, 0.2) is 11.6 Å². The Bertz CT molecular complexity index is 335. The third kappa shape index (κ3) is 3.06. The largest absolute Gasteiger partial charge is 0.399 e. The average Bonchev–Trinajstić information content (AvgIpc) is 2.16. The third-order valence-corrected chi connectivity index (χ3v) is 2.26. The highest BCUT2D eigenvalue weighted by Gasteiger charge is 2.14. The Morgan fingerprint density at radius 3 is 2.38 bits per heavy atom. The number of ether oxygens (including phenoxy) is 1. The topological polar surface area (TPSA) is 38.5 Å². The van der Waals surface area contributed by atoms with Crippen LogP contribution in [-0.2, 0) is 4.74 Å². The molecule has 0 unspecified atom stereocenters. The van der Waals surface area contributed by atoms with Gasteiger partial charge in [-0.2, -0.15) is 0 Å². The van der Waals surface area contributed by atoms with E-state index in [4.69, 9.17) is 10.5 Å². The third-order valence-electron chi connectivity index (χ3n) is 2.26. The highest BCUT2D eigenvalue weighted by atomic mass is 19.1. The molecular weight excluding hydrogens is 214 g/mol. The number of nitrogens with two attached hydrogens (primary N) is 1. The van der Waals surface area contributed by atoms with Crippen LogP contribution in [0, 0.1) is 11.6 Å². The van der Waals surface area contributed by atoms with Gasteiger partial charge in [0, 0.05) is 33.0 Å². The number of rotatable bonds is 5. The Labute approximate surface area is 93.8 Å². The highest BCUT2D eigenvalue weighted by molar-refractivity contribution is 5.55. The first-order valence-corrected chi connectivity index (χ1v) is 5.01. The van der Waals surface area contributed by atoms with E-state index in [2.05, 4.69) is 0 Å². The van der Waals surface area contributed by atoms with Gasteiger partial charge in [-0.15, -0.1) is 0 Å². The maximum absolute atomic E-state index is 13.5. The molecule has 1 rings (SSSR count). The molecule has 0 saturated heterocycles. The molecule has 0 fully saturated rings. The second-order valence-corrected chi connectivity index (χ2v) is 3.60. The van der Waals surface area contributed by atoms with Crippen LogP contribution in [0.1, 0.15) is 6.42 Å². The molecule has 0 aliphatic heterocycles. The molecular formula is C11H16F2N2O. The number of nitrogen functional groups attached to an aromatic ring is 1. The van der Waals surface area contributed by atoms with E-state index in [1.54, 1.807) is 14.2 Å². The summed E-state index contributed by atoms with van der Waals surface area (Å²) in [6.07, 6.45) is 0.705. The van der Waals surface area contributed by atoms with Crippen LogP contribution in [0.25, 0.3) is 0 Å². The average molecular weight is 230 g/mol. The van der Waals surface area contributed by atoms with Crippen molar-refractivity contribution >= 4 is 11.4 Å². The van der Waals surface area contributed by atoms with E-state index in [0.717, 1.165) is 12.1 Å². The molecule has 16 heavy (non-hydrogen) atoms. The number of hydrogen-bond donors (Lipinski definition) is 1. The summed E-state index contributed by atoms with van der Waals surface area (Å²) in [4.78, 5) is 1.52. The van der Waals surface area contributed by atoms with Crippen molar-refractivity contribution in [2.24, 2.45) is 0 Å². The van der Waals surface area contributed by atoms with E-state index in [1.807, 2.05) is 0 Å². The Kier molecular flexibility index (Phi) is 4.49. The van der Waals surface area contributed by atoms with E-state index in [0.29, 0.717) is 19.6 Å². The fourth-order valence-corrected chi connectivity index (χ4v) is 1.51. The van der Waals surface area contributed by atoms with E-state index in [-0.39, 0.29) is 11.4 Å². The summed E-state index contributed by atoms with van der Waals surface area (Å²) in [5, 5.41) is 0. The highest BCUT2D eigenvalue weighted by Crippen LogP contribution is 2.25. The quantitative estimate of drug-likeness (QED) is 0.621. The first kappa shape index (κ1) is 12.7. The van der Waals surface area contributed by atoms with Crippen LogP contribution in [0.3, 0.4) is 0 Å². The SMILES string of the molecule is COCCCN(C)c1c(F)cc(N)cc1F. The zero-order valence-electron chi connectivity index (χ0n) is 9.46. The summed E-state index contributed by atoms with van der Waals surface area (Å²) in [5.41, 5.74) is 5.37.